The van der Waals surface area contributed by atoms with Crippen LogP contribution in [0.3, 0.4) is 0 Å². The molecule has 0 radical (unpaired) electrons. The molecule has 0 aliphatic heterocycles. The Hall–Kier alpha value is -2.47. The number of nitrogens with zero attached hydrogens (tertiary/aromatic N) is 4. The lowest BCUT2D eigenvalue weighted by atomic mass is 9.97. The van der Waals surface area contributed by atoms with Gasteiger partial charge in [-0.2, -0.15) is 0 Å². The fourth-order valence-electron chi connectivity index (χ4n) is 3.17. The van der Waals surface area contributed by atoms with E-state index in [4.69, 9.17) is 0 Å². The number of Topliss-reactive ketones (excluding diaryl/α,β-unsaturated/α-hetero) is 1. The van der Waals surface area contributed by atoms with Gasteiger partial charge in [0.15, 0.2) is 16.8 Å². The smallest absolute Gasteiger partial charge is 0.192 e. The number of aryl methyl sites for hydroxylation is 3. The van der Waals surface area contributed by atoms with Gasteiger partial charge in [-0.05, 0) is 69.0 Å². The first-order chi connectivity index (χ1) is 13.4. The maximum atomic E-state index is 13.1. The summed E-state index contributed by atoms with van der Waals surface area (Å²) in [6, 6.07) is 7.94. The van der Waals surface area contributed by atoms with Crippen LogP contribution in [0.5, 0.6) is 0 Å². The summed E-state index contributed by atoms with van der Waals surface area (Å²) in [5.74, 6) is 0.941. The van der Waals surface area contributed by atoms with Crippen LogP contribution in [0.25, 0.3) is 11.4 Å². The van der Waals surface area contributed by atoms with Gasteiger partial charge in [0.05, 0.1) is 5.25 Å². The Labute approximate surface area is 170 Å². The van der Waals surface area contributed by atoms with Crippen molar-refractivity contribution in [1.29, 1.82) is 0 Å². The van der Waals surface area contributed by atoms with Crippen molar-refractivity contribution in [2.45, 2.75) is 58.0 Å². The average Bonchev–Trinajstić information content (AvgIpc) is 3.07. The SMILES string of the molecule is CCCn1c(SC(C)C(=O)c2cc(C)c(C)cc2C)nnc1-c1ccncc1. The van der Waals surface area contributed by atoms with E-state index < -0.39 is 0 Å². The van der Waals surface area contributed by atoms with Crippen molar-refractivity contribution in [2.75, 3.05) is 0 Å². The van der Waals surface area contributed by atoms with Gasteiger partial charge in [-0.3, -0.25) is 9.78 Å². The first-order valence-corrected chi connectivity index (χ1v) is 10.4. The first-order valence-electron chi connectivity index (χ1n) is 9.54. The zero-order valence-corrected chi connectivity index (χ0v) is 17.9. The minimum Gasteiger partial charge on any atom is -0.302 e. The lowest BCUT2D eigenvalue weighted by Crippen LogP contribution is -2.16. The number of carbonyl (C=O) groups is 1. The fraction of sp³-hybridized carbons (Fsp3) is 0.364. The highest BCUT2D eigenvalue weighted by Crippen LogP contribution is 2.29. The monoisotopic (exact) mass is 394 g/mol. The van der Waals surface area contributed by atoms with E-state index >= 15 is 0 Å². The Morgan fingerprint density at radius 3 is 2.43 bits per heavy atom. The number of hydrogen-bond donors (Lipinski definition) is 0. The summed E-state index contributed by atoms with van der Waals surface area (Å²) in [6.45, 7) is 11.0. The molecule has 0 aliphatic carbocycles. The third kappa shape index (κ3) is 4.17. The Balaban J connectivity index is 1.88. The second kappa shape index (κ2) is 8.69. The Bertz CT molecular complexity index is 982. The molecule has 3 aromatic rings. The third-order valence-electron chi connectivity index (χ3n) is 4.86. The molecule has 3 rings (SSSR count). The van der Waals surface area contributed by atoms with E-state index in [-0.39, 0.29) is 11.0 Å². The van der Waals surface area contributed by atoms with E-state index in [1.165, 1.54) is 17.3 Å². The molecule has 0 aliphatic rings. The van der Waals surface area contributed by atoms with Crippen LogP contribution < -0.4 is 0 Å². The summed E-state index contributed by atoms with van der Waals surface area (Å²) in [4.78, 5) is 17.2. The van der Waals surface area contributed by atoms with E-state index in [1.54, 1.807) is 12.4 Å². The Morgan fingerprint density at radius 1 is 1.07 bits per heavy atom. The summed E-state index contributed by atoms with van der Waals surface area (Å²) in [7, 11) is 0. The molecule has 0 N–H and O–H groups in total. The van der Waals surface area contributed by atoms with E-state index in [1.807, 2.05) is 39.0 Å². The largest absolute Gasteiger partial charge is 0.302 e. The number of thioether (sulfide) groups is 1. The lowest BCUT2D eigenvalue weighted by Gasteiger charge is -2.15. The predicted molar refractivity (Wildman–Crippen MR) is 114 cm³/mol. The molecule has 6 heteroatoms. The van der Waals surface area contributed by atoms with Crippen molar-refractivity contribution in [3.05, 3.63) is 58.9 Å². The molecule has 0 saturated heterocycles. The second-order valence-electron chi connectivity index (χ2n) is 7.07. The highest BCUT2D eigenvalue weighted by Gasteiger charge is 2.23. The summed E-state index contributed by atoms with van der Waals surface area (Å²) in [5.41, 5.74) is 5.14. The first kappa shape index (κ1) is 20.3. The maximum Gasteiger partial charge on any atom is 0.192 e. The van der Waals surface area contributed by atoms with Crippen LogP contribution in [0.1, 0.15) is 47.3 Å². The highest BCUT2D eigenvalue weighted by atomic mass is 32.2. The van der Waals surface area contributed by atoms with E-state index in [2.05, 4.69) is 39.7 Å². The van der Waals surface area contributed by atoms with Crippen LogP contribution in [0.15, 0.2) is 41.8 Å². The molecule has 5 nitrogen and oxygen atoms in total. The molecule has 0 spiro atoms. The normalized spacial score (nSPS) is 12.2. The van der Waals surface area contributed by atoms with E-state index in [9.17, 15) is 4.79 Å². The lowest BCUT2D eigenvalue weighted by molar-refractivity contribution is 0.0993. The highest BCUT2D eigenvalue weighted by molar-refractivity contribution is 8.00. The summed E-state index contributed by atoms with van der Waals surface area (Å²) in [5, 5.41) is 9.30. The molecule has 1 aromatic carbocycles. The van der Waals surface area contributed by atoms with Crippen molar-refractivity contribution in [3.8, 4) is 11.4 Å². The standard InChI is InChI=1S/C22H26N4OS/c1-6-11-26-21(18-7-9-23-10-8-18)24-25-22(26)28-17(5)20(27)19-13-15(3)14(2)12-16(19)4/h7-10,12-13,17H,6,11H2,1-5H3. The number of ketones is 1. The van der Waals surface area contributed by atoms with Gasteiger partial charge in [0.2, 0.25) is 0 Å². The number of aromatic nitrogens is 4. The molecule has 1 unspecified atom stereocenters. The molecule has 0 fully saturated rings. The molecule has 1 atom stereocenters. The summed E-state index contributed by atoms with van der Waals surface area (Å²) >= 11 is 1.47. The van der Waals surface area contributed by atoms with E-state index in [0.717, 1.165) is 46.2 Å². The van der Waals surface area contributed by atoms with Gasteiger partial charge in [-0.25, -0.2) is 0 Å². The van der Waals surface area contributed by atoms with Crippen LogP contribution >= 0.6 is 11.8 Å². The predicted octanol–water partition coefficient (Wildman–Crippen LogP) is 5.04. The fourth-order valence-corrected chi connectivity index (χ4v) is 4.12. The van der Waals surface area contributed by atoms with Crippen LogP contribution in [-0.4, -0.2) is 30.8 Å². The second-order valence-corrected chi connectivity index (χ2v) is 8.38. The zero-order valence-electron chi connectivity index (χ0n) is 17.1. The van der Waals surface area contributed by atoms with Crippen molar-refractivity contribution in [2.24, 2.45) is 0 Å². The van der Waals surface area contributed by atoms with Crippen molar-refractivity contribution in [3.63, 3.8) is 0 Å². The van der Waals surface area contributed by atoms with Crippen LogP contribution in [-0.2, 0) is 6.54 Å². The average molecular weight is 395 g/mol. The van der Waals surface area contributed by atoms with Crippen LogP contribution in [0.4, 0.5) is 0 Å². The zero-order chi connectivity index (χ0) is 20.3. The van der Waals surface area contributed by atoms with Crippen molar-refractivity contribution in [1.82, 2.24) is 19.7 Å². The quantitative estimate of drug-likeness (QED) is 0.415. The Morgan fingerprint density at radius 2 is 1.75 bits per heavy atom. The van der Waals surface area contributed by atoms with Crippen molar-refractivity contribution >= 4 is 17.5 Å². The Kier molecular flexibility index (Phi) is 6.29. The van der Waals surface area contributed by atoms with Gasteiger partial charge in [0, 0.05) is 30.1 Å². The number of benzene rings is 1. The van der Waals surface area contributed by atoms with E-state index in [0.29, 0.717) is 0 Å². The minimum absolute atomic E-state index is 0.127. The number of rotatable bonds is 7. The van der Waals surface area contributed by atoms with Crippen LogP contribution in [0, 0.1) is 20.8 Å². The van der Waals surface area contributed by atoms with Gasteiger partial charge in [0.1, 0.15) is 0 Å². The number of carbonyl (C=O) groups excluding carboxylic acids is 1. The molecule has 0 bridgehead atoms. The van der Waals surface area contributed by atoms with Gasteiger partial charge < -0.3 is 4.57 Å². The molecule has 28 heavy (non-hydrogen) atoms. The molecular weight excluding hydrogens is 368 g/mol. The molecule has 146 valence electrons. The molecular formula is C22H26N4OS. The molecule has 2 aromatic heterocycles. The summed E-state index contributed by atoms with van der Waals surface area (Å²) < 4.78 is 2.09. The van der Waals surface area contributed by atoms with Crippen LogP contribution in [0.2, 0.25) is 0 Å². The van der Waals surface area contributed by atoms with Crippen molar-refractivity contribution < 1.29 is 4.79 Å². The third-order valence-corrected chi connectivity index (χ3v) is 5.94. The molecule has 2 heterocycles. The van der Waals surface area contributed by atoms with Gasteiger partial charge >= 0.3 is 0 Å². The molecule has 0 amide bonds. The summed E-state index contributed by atoms with van der Waals surface area (Å²) in [6.07, 6.45) is 4.46. The maximum absolute atomic E-state index is 13.1. The topological polar surface area (TPSA) is 60.7 Å². The number of hydrogen-bond acceptors (Lipinski definition) is 5. The van der Waals surface area contributed by atoms with Gasteiger partial charge in [-0.1, -0.05) is 24.8 Å². The minimum atomic E-state index is -0.245. The number of pyridine rings is 1. The van der Waals surface area contributed by atoms with Gasteiger partial charge in [0.25, 0.3) is 0 Å². The molecule has 0 saturated carbocycles. The van der Waals surface area contributed by atoms with Gasteiger partial charge in [-0.15, -0.1) is 10.2 Å².